The van der Waals surface area contributed by atoms with Crippen molar-refractivity contribution in [3.8, 4) is 44.5 Å². The molecule has 0 unspecified atom stereocenters. The quantitative estimate of drug-likeness (QED) is 0.164. The molecule has 12 rings (SSSR count). The first-order valence-electron chi connectivity index (χ1n) is 20.7. The van der Waals surface area contributed by atoms with Crippen LogP contribution in [0.15, 0.2) is 182 Å². The molecule has 0 spiro atoms. The van der Waals surface area contributed by atoms with Crippen molar-refractivity contribution in [2.75, 3.05) is 0 Å². The van der Waals surface area contributed by atoms with Gasteiger partial charge in [0.05, 0.1) is 0 Å². The molecule has 0 atom stereocenters. The summed E-state index contributed by atoms with van der Waals surface area (Å²) in [5.41, 5.74) is 14.0. The monoisotopic (exact) mass is 1130 g/mol. The molecule has 63 heavy (non-hydrogen) atoms. The Bertz CT molecular complexity index is 3470. The minimum absolute atomic E-state index is 0.112. The third kappa shape index (κ3) is 7.64. The Hall–Kier alpha value is -5.08. The fraction of sp³-hybridized carbons (Fsp3) is 0. The second-order valence-electron chi connectivity index (χ2n) is 15.2. The van der Waals surface area contributed by atoms with Gasteiger partial charge in [-0.05, 0) is 0 Å². The van der Waals surface area contributed by atoms with E-state index in [0.29, 0.717) is 0 Å². The molecule has 2 aliphatic rings. The topological polar surface area (TPSA) is 25.8 Å². The summed E-state index contributed by atoms with van der Waals surface area (Å²) >= 11 is 0.774. The van der Waals surface area contributed by atoms with Crippen LogP contribution in [0.4, 0.5) is 0 Å². The minimum atomic E-state index is 0.112. The van der Waals surface area contributed by atoms with E-state index in [1.54, 1.807) is 0 Å². The molecular formula is C56H34N2Se5. The fourth-order valence-corrected chi connectivity index (χ4v) is 21.3. The van der Waals surface area contributed by atoms with Gasteiger partial charge in [0, 0.05) is 0 Å². The molecule has 0 radical (unpaired) electrons. The maximum atomic E-state index is 5.55. The third-order valence-electron chi connectivity index (χ3n) is 11.3. The van der Waals surface area contributed by atoms with Crippen LogP contribution in [0.2, 0.25) is 0 Å². The average molecular weight is 1130 g/mol. The van der Waals surface area contributed by atoms with E-state index < -0.39 is 0 Å². The summed E-state index contributed by atoms with van der Waals surface area (Å²) in [4.78, 5) is 11.1. The Morgan fingerprint density at radius 2 is 0.397 bits per heavy atom. The third-order valence-corrected chi connectivity index (χ3v) is 25.2. The molecule has 0 fully saturated rings. The molecule has 10 aromatic rings. The number of benzene rings is 4. The van der Waals surface area contributed by atoms with Crippen molar-refractivity contribution in [3.05, 3.63) is 205 Å². The molecule has 14 bridgehead atoms. The molecule has 6 aromatic heterocycles. The van der Waals surface area contributed by atoms with Crippen molar-refractivity contribution in [1.29, 1.82) is 0 Å². The van der Waals surface area contributed by atoms with Gasteiger partial charge in [-0.15, -0.1) is 0 Å². The number of hydrogen-bond acceptors (Lipinski definition) is 2. The molecule has 0 amide bonds. The van der Waals surface area contributed by atoms with E-state index in [2.05, 4.69) is 206 Å². The molecule has 0 saturated heterocycles. The average Bonchev–Trinajstić information content (AvgIpc) is 4.19. The first-order chi connectivity index (χ1) is 31.2. The van der Waals surface area contributed by atoms with Crippen molar-refractivity contribution < 1.29 is 0 Å². The van der Waals surface area contributed by atoms with Gasteiger partial charge in [-0.2, -0.15) is 0 Å². The number of fused-ring (bicyclic) bond motifs is 17. The molecule has 0 aliphatic carbocycles. The summed E-state index contributed by atoms with van der Waals surface area (Å²) in [5, 5.41) is 0. The summed E-state index contributed by atoms with van der Waals surface area (Å²) in [6.07, 6.45) is 9.04. The summed E-state index contributed by atoms with van der Waals surface area (Å²) in [7, 11) is 0. The van der Waals surface area contributed by atoms with Crippen LogP contribution in [-0.2, 0) is 0 Å². The van der Waals surface area contributed by atoms with E-state index in [1.807, 2.05) is 0 Å². The predicted molar refractivity (Wildman–Crippen MR) is 276 cm³/mol. The molecule has 7 heteroatoms. The zero-order chi connectivity index (χ0) is 41.7. The zero-order valence-electron chi connectivity index (χ0n) is 33.6. The standard InChI is InChI=1S/C56H34N2Se5/c1-5-13-35(14-6-1)53-39-21-23-41(57-39)55(37-17-9-3-10-18-37)51-33-29-47(62-51)48-30-34-52(63-48)56(38-19-11-4-12-20-38)42-24-22-40(58-42)54(36-15-7-2-8-16-36)50-32-28-46(61-50)44-26-25-43(59-44)45-27-31-49(53)60-45/h1-34H. The van der Waals surface area contributed by atoms with Crippen molar-refractivity contribution in [2.45, 2.75) is 0 Å². The summed E-state index contributed by atoms with van der Waals surface area (Å²) in [5.74, 6) is 0. The number of nitrogens with zero attached hydrogens (tertiary/aromatic N) is 2. The van der Waals surface area contributed by atoms with E-state index >= 15 is 0 Å². The van der Waals surface area contributed by atoms with Gasteiger partial charge in [-0.25, -0.2) is 0 Å². The van der Waals surface area contributed by atoms with Crippen LogP contribution in [0, 0.1) is 0 Å². The molecule has 0 N–H and O–H groups in total. The van der Waals surface area contributed by atoms with E-state index in [4.69, 9.17) is 9.97 Å². The second kappa shape index (κ2) is 17.1. The van der Waals surface area contributed by atoms with Crippen molar-refractivity contribution in [2.24, 2.45) is 0 Å². The van der Waals surface area contributed by atoms with Gasteiger partial charge in [0.2, 0.25) is 0 Å². The molecule has 298 valence electrons. The first-order valence-corrected chi connectivity index (χ1v) is 29.3. The molecule has 2 nitrogen and oxygen atoms in total. The second-order valence-corrected chi connectivity index (χ2v) is 26.6. The van der Waals surface area contributed by atoms with Crippen LogP contribution in [0.3, 0.4) is 0 Å². The van der Waals surface area contributed by atoms with E-state index in [1.165, 1.54) is 87.1 Å². The van der Waals surface area contributed by atoms with Crippen LogP contribution in [-0.4, -0.2) is 82.5 Å². The van der Waals surface area contributed by atoms with Gasteiger partial charge >= 0.3 is 399 Å². The van der Waals surface area contributed by atoms with Crippen LogP contribution in [0.5, 0.6) is 0 Å². The summed E-state index contributed by atoms with van der Waals surface area (Å²) < 4.78 is 14.4. The van der Waals surface area contributed by atoms with E-state index in [0.717, 1.165) is 22.8 Å². The van der Waals surface area contributed by atoms with Gasteiger partial charge in [-0.3, -0.25) is 0 Å². The van der Waals surface area contributed by atoms with Crippen LogP contribution in [0.1, 0.15) is 22.8 Å². The van der Waals surface area contributed by atoms with Gasteiger partial charge in [0.1, 0.15) is 0 Å². The van der Waals surface area contributed by atoms with Gasteiger partial charge in [-0.1, -0.05) is 0 Å². The summed E-state index contributed by atoms with van der Waals surface area (Å²) in [6.45, 7) is 0. The van der Waals surface area contributed by atoms with Crippen molar-refractivity contribution in [1.82, 2.24) is 9.97 Å². The molecule has 2 aliphatic heterocycles. The SMILES string of the molecule is C1=Cc2nc1c(-c1ccccc1)c1ccc([se]1)c1ccc([se]1)c(-c1ccccc1)c1nc(c(-c3ccccc3)c3ccc([se]3)c3ccc([se]3)c3ccc([se]3)c2-c2ccccc2)C=C1. The predicted octanol–water partition coefficient (Wildman–Crippen LogP) is 13.1. The van der Waals surface area contributed by atoms with Crippen LogP contribution < -0.4 is 0 Å². The molecule has 0 saturated carbocycles. The Balaban J connectivity index is 1.21. The molecule has 4 aromatic carbocycles. The van der Waals surface area contributed by atoms with Gasteiger partial charge in [0.25, 0.3) is 0 Å². The van der Waals surface area contributed by atoms with E-state index in [9.17, 15) is 0 Å². The molecule has 8 heterocycles. The maximum absolute atomic E-state index is 5.55. The van der Waals surface area contributed by atoms with Crippen LogP contribution in [0.25, 0.3) is 111 Å². The summed E-state index contributed by atoms with van der Waals surface area (Å²) in [6, 6.07) is 67.6. The number of hydrogen-bond donors (Lipinski definition) is 0. The number of rotatable bonds is 4. The Kier molecular flexibility index (Phi) is 10.7. The van der Waals surface area contributed by atoms with Gasteiger partial charge < -0.3 is 0 Å². The van der Waals surface area contributed by atoms with Gasteiger partial charge in [0.15, 0.2) is 0 Å². The Labute approximate surface area is 395 Å². The first kappa shape index (κ1) is 39.5. The van der Waals surface area contributed by atoms with E-state index in [-0.39, 0.29) is 72.5 Å². The Morgan fingerprint density at radius 1 is 0.206 bits per heavy atom. The van der Waals surface area contributed by atoms with Crippen LogP contribution >= 0.6 is 0 Å². The fourth-order valence-electron chi connectivity index (χ4n) is 8.39. The zero-order valence-corrected chi connectivity index (χ0v) is 42.1. The number of aromatic nitrogens is 2. The Morgan fingerprint density at radius 3 is 0.619 bits per heavy atom. The van der Waals surface area contributed by atoms with Crippen molar-refractivity contribution in [3.63, 3.8) is 0 Å². The molecular weight excluding hydrogens is 1100 g/mol. The normalized spacial score (nSPS) is 12.0. The van der Waals surface area contributed by atoms with Crippen molar-refractivity contribution >= 4 is 139 Å².